The first-order chi connectivity index (χ1) is 16.8. The Labute approximate surface area is 216 Å². The minimum absolute atomic E-state index is 0.848. The van der Waals surface area contributed by atoms with E-state index in [1.807, 2.05) is 5.57 Å². The molecule has 0 aromatic rings. The largest absolute Gasteiger partial charge is 0.320 e. The fraction of sp³-hybridized carbons (Fsp3) is 0.879. The van der Waals surface area contributed by atoms with E-state index in [4.69, 9.17) is 0 Å². The first-order valence-electron chi connectivity index (χ1n) is 15.8. The van der Waals surface area contributed by atoms with E-state index in [1.165, 1.54) is 141 Å². The van der Waals surface area contributed by atoms with Gasteiger partial charge in [-0.3, -0.25) is 0 Å². The van der Waals surface area contributed by atoms with Crippen molar-refractivity contribution in [1.29, 1.82) is 0 Å². The van der Waals surface area contributed by atoms with E-state index in [1.54, 1.807) is 0 Å². The van der Waals surface area contributed by atoms with E-state index < -0.39 is 0 Å². The van der Waals surface area contributed by atoms with E-state index in [0.29, 0.717) is 0 Å². The highest BCUT2D eigenvalue weighted by molar-refractivity contribution is 5.17. The Morgan fingerprint density at radius 2 is 1.32 bits per heavy atom. The van der Waals surface area contributed by atoms with Crippen LogP contribution in [0.25, 0.3) is 0 Å². The summed E-state index contributed by atoms with van der Waals surface area (Å²) in [5.41, 5.74) is 1.81. The van der Waals surface area contributed by atoms with E-state index in [-0.39, 0.29) is 0 Å². The highest BCUT2D eigenvalue weighted by Crippen LogP contribution is 2.42. The summed E-state index contributed by atoms with van der Waals surface area (Å²) in [4.78, 5) is 0. The number of rotatable bonds is 23. The summed E-state index contributed by atoms with van der Waals surface area (Å²) in [6.45, 7) is 8.16. The van der Waals surface area contributed by atoms with E-state index in [2.05, 4.69) is 51.4 Å². The number of nitrogens with one attached hydrogen (secondary N) is 1. The van der Waals surface area contributed by atoms with Gasteiger partial charge in [-0.1, -0.05) is 128 Å². The molecule has 1 N–H and O–H groups in total. The predicted molar refractivity (Wildman–Crippen MR) is 156 cm³/mol. The van der Waals surface area contributed by atoms with Crippen LogP contribution in [-0.4, -0.2) is 13.6 Å². The van der Waals surface area contributed by atoms with Crippen LogP contribution < -0.4 is 5.32 Å². The number of hydrogen-bond acceptors (Lipinski definition) is 1. The van der Waals surface area contributed by atoms with Gasteiger partial charge in [0.25, 0.3) is 0 Å². The molecule has 1 aliphatic rings. The molecular formula is C33H63N. The molecule has 0 amide bonds. The van der Waals surface area contributed by atoms with Crippen LogP contribution in [-0.2, 0) is 0 Å². The molecule has 1 rings (SSSR count). The maximum atomic E-state index is 3.30. The molecule has 3 unspecified atom stereocenters. The van der Waals surface area contributed by atoms with Crippen molar-refractivity contribution in [1.82, 2.24) is 5.32 Å². The van der Waals surface area contributed by atoms with Crippen molar-refractivity contribution in [2.24, 2.45) is 17.8 Å². The second-order valence-corrected chi connectivity index (χ2v) is 11.3. The highest BCUT2D eigenvalue weighted by Gasteiger charge is 2.29. The summed E-state index contributed by atoms with van der Waals surface area (Å²) in [5, 5.41) is 3.30. The summed E-state index contributed by atoms with van der Waals surface area (Å²) in [7, 11) is 2.08. The van der Waals surface area contributed by atoms with Gasteiger partial charge in [0.15, 0.2) is 0 Å². The van der Waals surface area contributed by atoms with E-state index in [9.17, 15) is 0 Å². The van der Waals surface area contributed by atoms with E-state index >= 15 is 0 Å². The SMILES string of the molecule is CCCCC/C=C/CC1=CC(CCCCCCNC)C(CCCCCC)CC1CCCCCC. The fourth-order valence-electron chi connectivity index (χ4n) is 5.96. The Hall–Kier alpha value is -0.560. The molecule has 34 heavy (non-hydrogen) atoms. The molecule has 0 radical (unpaired) electrons. The van der Waals surface area contributed by atoms with Crippen LogP contribution in [0.5, 0.6) is 0 Å². The molecule has 3 atom stereocenters. The minimum Gasteiger partial charge on any atom is -0.320 e. The smallest absolute Gasteiger partial charge is 0.00519 e. The van der Waals surface area contributed by atoms with Gasteiger partial charge in [-0.2, -0.15) is 0 Å². The number of unbranched alkanes of at least 4 members (excludes halogenated alkanes) is 12. The molecule has 1 aliphatic carbocycles. The summed E-state index contributed by atoms with van der Waals surface area (Å²) in [5.74, 6) is 2.66. The molecule has 0 saturated carbocycles. The Kier molecular flexibility index (Phi) is 21.2. The topological polar surface area (TPSA) is 12.0 Å². The van der Waals surface area contributed by atoms with Crippen molar-refractivity contribution >= 4 is 0 Å². The van der Waals surface area contributed by atoms with Crippen LogP contribution in [0.1, 0.15) is 156 Å². The Balaban J connectivity index is 2.77. The zero-order chi connectivity index (χ0) is 24.7. The second kappa shape index (κ2) is 22.9. The lowest BCUT2D eigenvalue weighted by Gasteiger charge is -2.36. The zero-order valence-corrected chi connectivity index (χ0v) is 24.0. The third kappa shape index (κ3) is 15.4. The lowest BCUT2D eigenvalue weighted by Crippen LogP contribution is -2.24. The van der Waals surface area contributed by atoms with Crippen LogP contribution >= 0.6 is 0 Å². The lowest BCUT2D eigenvalue weighted by molar-refractivity contribution is 0.247. The van der Waals surface area contributed by atoms with Crippen LogP contribution in [0.3, 0.4) is 0 Å². The maximum absolute atomic E-state index is 3.30. The third-order valence-electron chi connectivity index (χ3n) is 8.19. The van der Waals surface area contributed by atoms with Crippen molar-refractivity contribution in [3.63, 3.8) is 0 Å². The number of allylic oxidation sites excluding steroid dienone is 4. The van der Waals surface area contributed by atoms with Gasteiger partial charge in [0, 0.05) is 0 Å². The minimum atomic E-state index is 0.848. The van der Waals surface area contributed by atoms with Crippen molar-refractivity contribution in [3.05, 3.63) is 23.8 Å². The third-order valence-corrected chi connectivity index (χ3v) is 8.19. The van der Waals surface area contributed by atoms with Gasteiger partial charge in [0.1, 0.15) is 0 Å². The van der Waals surface area contributed by atoms with Gasteiger partial charge < -0.3 is 5.32 Å². The van der Waals surface area contributed by atoms with Crippen LogP contribution in [0, 0.1) is 17.8 Å². The molecule has 0 aromatic carbocycles. The Bertz CT molecular complexity index is 491. The summed E-state index contributed by atoms with van der Waals surface area (Å²) in [6.07, 6.45) is 37.2. The molecule has 200 valence electrons. The standard InChI is InChI=1S/C33H63N/c1-5-8-11-14-15-20-25-32-29-33(26-21-16-17-22-27-34-4)31(24-19-13-10-7-3)28-30(32)23-18-12-9-6-2/h15,20,29-31,33-34H,5-14,16-19,21-28H2,1-4H3/b20-15+. The predicted octanol–water partition coefficient (Wildman–Crippen LogP) is 10.8. The van der Waals surface area contributed by atoms with Crippen molar-refractivity contribution in [3.8, 4) is 0 Å². The molecule has 1 nitrogen and oxygen atoms in total. The molecule has 0 spiro atoms. The molecular weight excluding hydrogens is 410 g/mol. The molecule has 0 bridgehead atoms. The fourth-order valence-corrected chi connectivity index (χ4v) is 5.96. The zero-order valence-electron chi connectivity index (χ0n) is 24.0. The summed E-state index contributed by atoms with van der Waals surface area (Å²) >= 11 is 0. The van der Waals surface area contributed by atoms with Gasteiger partial charge in [0.05, 0.1) is 0 Å². The van der Waals surface area contributed by atoms with Gasteiger partial charge in [-0.05, 0) is 82.7 Å². The quantitative estimate of drug-likeness (QED) is 0.115. The molecule has 0 fully saturated rings. The van der Waals surface area contributed by atoms with Crippen LogP contribution in [0.4, 0.5) is 0 Å². The number of hydrogen-bond donors (Lipinski definition) is 1. The van der Waals surface area contributed by atoms with Crippen molar-refractivity contribution in [2.75, 3.05) is 13.6 Å². The van der Waals surface area contributed by atoms with Gasteiger partial charge >= 0.3 is 0 Å². The van der Waals surface area contributed by atoms with Crippen LogP contribution in [0.15, 0.2) is 23.8 Å². The Morgan fingerprint density at radius 1 is 0.706 bits per heavy atom. The van der Waals surface area contributed by atoms with Crippen molar-refractivity contribution < 1.29 is 0 Å². The molecule has 0 aromatic heterocycles. The van der Waals surface area contributed by atoms with Gasteiger partial charge in [-0.15, -0.1) is 0 Å². The first-order valence-corrected chi connectivity index (χ1v) is 15.8. The monoisotopic (exact) mass is 473 g/mol. The molecule has 1 heteroatoms. The summed E-state index contributed by atoms with van der Waals surface area (Å²) < 4.78 is 0. The first kappa shape index (κ1) is 31.5. The maximum Gasteiger partial charge on any atom is -0.00519 e. The average Bonchev–Trinajstić information content (AvgIpc) is 2.85. The molecule has 0 aliphatic heterocycles. The van der Waals surface area contributed by atoms with E-state index in [0.717, 1.165) is 17.8 Å². The normalized spacial score (nSPS) is 20.8. The summed E-state index contributed by atoms with van der Waals surface area (Å²) in [6, 6.07) is 0. The second-order valence-electron chi connectivity index (χ2n) is 11.3. The van der Waals surface area contributed by atoms with Gasteiger partial charge in [-0.25, -0.2) is 0 Å². The molecule has 0 heterocycles. The average molecular weight is 474 g/mol. The van der Waals surface area contributed by atoms with Crippen molar-refractivity contribution in [2.45, 2.75) is 156 Å². The van der Waals surface area contributed by atoms with Gasteiger partial charge in [0.2, 0.25) is 0 Å². The molecule has 0 saturated heterocycles. The Morgan fingerprint density at radius 3 is 2.03 bits per heavy atom. The highest BCUT2D eigenvalue weighted by atomic mass is 14.8. The lowest BCUT2D eigenvalue weighted by atomic mass is 9.69. The van der Waals surface area contributed by atoms with Crippen LogP contribution in [0.2, 0.25) is 0 Å².